The van der Waals surface area contributed by atoms with Crippen molar-refractivity contribution in [1.29, 1.82) is 0 Å². The average molecular weight is 205 g/mol. The Labute approximate surface area is 89.2 Å². The molecule has 0 heterocycles. The molecule has 1 amide bonds. The second-order valence-corrected chi connectivity index (χ2v) is 3.36. The average Bonchev–Trinajstić information content (AvgIpc) is 2.26. The highest BCUT2D eigenvalue weighted by atomic mass is 16.2. The maximum absolute atomic E-state index is 11.5. The van der Waals surface area contributed by atoms with E-state index in [1.807, 2.05) is 19.1 Å². The lowest BCUT2D eigenvalue weighted by atomic mass is 10.1. The summed E-state index contributed by atoms with van der Waals surface area (Å²) in [6, 6.07) is 7.29. The molecule has 15 heavy (non-hydrogen) atoms. The van der Waals surface area contributed by atoms with Crippen LogP contribution in [0.4, 0.5) is 0 Å². The molecule has 0 spiro atoms. The van der Waals surface area contributed by atoms with Crippen LogP contribution in [0.25, 0.3) is 0 Å². The van der Waals surface area contributed by atoms with E-state index in [0.717, 1.165) is 5.56 Å². The van der Waals surface area contributed by atoms with Gasteiger partial charge >= 0.3 is 0 Å². The number of carbonyl (C=O) groups excluding carboxylic acids is 1. The lowest BCUT2D eigenvalue weighted by Crippen LogP contribution is -2.21. The minimum Gasteiger partial charge on any atom is -0.325 e. The molecule has 0 atom stereocenters. The van der Waals surface area contributed by atoms with Crippen LogP contribution in [0.15, 0.2) is 29.4 Å². The van der Waals surface area contributed by atoms with E-state index >= 15 is 0 Å². The van der Waals surface area contributed by atoms with Crippen LogP contribution in [0, 0.1) is 6.92 Å². The lowest BCUT2D eigenvalue weighted by molar-refractivity contribution is 0.0955. The highest BCUT2D eigenvalue weighted by molar-refractivity contribution is 5.95. The van der Waals surface area contributed by atoms with Gasteiger partial charge in [-0.1, -0.05) is 17.7 Å². The summed E-state index contributed by atoms with van der Waals surface area (Å²) in [5, 5.41) is 3.83. The fraction of sp³-hybridized carbons (Fsp3) is 0.273. The molecule has 0 saturated carbocycles. The van der Waals surface area contributed by atoms with Gasteiger partial charge in [0.25, 0.3) is 5.91 Å². The van der Waals surface area contributed by atoms with Gasteiger partial charge in [0.05, 0.1) is 0 Å². The Morgan fingerprint density at radius 2 is 2.00 bits per heavy atom. The molecule has 80 valence electrons. The van der Waals surface area contributed by atoms with Crippen LogP contribution in [0.1, 0.15) is 22.8 Å². The molecule has 0 unspecified atom stereocenters. The van der Waals surface area contributed by atoms with Crippen molar-refractivity contribution in [2.75, 3.05) is 6.54 Å². The Morgan fingerprint density at radius 1 is 1.40 bits per heavy atom. The Kier molecular flexibility index (Phi) is 4.00. The summed E-state index contributed by atoms with van der Waals surface area (Å²) in [7, 11) is 0. The topological polar surface area (TPSA) is 67.5 Å². The molecule has 0 saturated heterocycles. The van der Waals surface area contributed by atoms with Gasteiger partial charge in [-0.25, -0.2) is 5.43 Å². The zero-order valence-electron chi connectivity index (χ0n) is 8.95. The van der Waals surface area contributed by atoms with Gasteiger partial charge in [-0.15, -0.1) is 0 Å². The van der Waals surface area contributed by atoms with E-state index in [9.17, 15) is 4.79 Å². The van der Waals surface area contributed by atoms with Gasteiger partial charge < -0.3 is 5.73 Å². The van der Waals surface area contributed by atoms with Crippen LogP contribution in [0.2, 0.25) is 0 Å². The molecule has 4 nitrogen and oxygen atoms in total. The molecular weight excluding hydrogens is 190 g/mol. The number of hydrogen-bond donors (Lipinski definition) is 2. The van der Waals surface area contributed by atoms with Crippen molar-refractivity contribution >= 4 is 11.6 Å². The second kappa shape index (κ2) is 5.26. The minimum atomic E-state index is -0.220. The largest absolute Gasteiger partial charge is 0.325 e. The molecule has 0 aliphatic carbocycles. The van der Waals surface area contributed by atoms with Crippen LogP contribution in [-0.4, -0.2) is 18.2 Å². The molecule has 1 rings (SSSR count). The van der Waals surface area contributed by atoms with E-state index in [0.29, 0.717) is 17.8 Å². The molecule has 0 radical (unpaired) electrons. The van der Waals surface area contributed by atoms with Crippen LogP contribution in [0.5, 0.6) is 0 Å². The van der Waals surface area contributed by atoms with E-state index in [2.05, 4.69) is 10.5 Å². The standard InChI is InChI=1S/C11H15N3O/c1-8-3-5-10(6-4-8)11(15)14-13-9(2)7-12/h3-6H,7,12H2,1-2H3,(H,14,15). The molecule has 0 aliphatic rings. The van der Waals surface area contributed by atoms with Crippen LogP contribution >= 0.6 is 0 Å². The van der Waals surface area contributed by atoms with Gasteiger partial charge in [0.1, 0.15) is 0 Å². The monoisotopic (exact) mass is 205 g/mol. The van der Waals surface area contributed by atoms with Gasteiger partial charge in [-0.2, -0.15) is 5.10 Å². The van der Waals surface area contributed by atoms with Gasteiger partial charge in [0.15, 0.2) is 0 Å². The molecule has 0 bridgehead atoms. The summed E-state index contributed by atoms with van der Waals surface area (Å²) >= 11 is 0. The minimum absolute atomic E-state index is 0.220. The van der Waals surface area contributed by atoms with E-state index in [1.54, 1.807) is 19.1 Å². The fourth-order valence-corrected chi connectivity index (χ4v) is 0.961. The Hall–Kier alpha value is -1.68. The van der Waals surface area contributed by atoms with E-state index in [4.69, 9.17) is 5.73 Å². The van der Waals surface area contributed by atoms with Crippen molar-refractivity contribution in [3.63, 3.8) is 0 Å². The first-order valence-corrected chi connectivity index (χ1v) is 4.73. The number of aryl methyl sites for hydroxylation is 1. The fourth-order valence-electron chi connectivity index (χ4n) is 0.961. The third-order valence-corrected chi connectivity index (χ3v) is 1.96. The highest BCUT2D eigenvalue weighted by Crippen LogP contribution is 2.02. The van der Waals surface area contributed by atoms with Crippen molar-refractivity contribution in [3.8, 4) is 0 Å². The lowest BCUT2D eigenvalue weighted by Gasteiger charge is -2.01. The maximum Gasteiger partial charge on any atom is 0.271 e. The quantitative estimate of drug-likeness (QED) is 0.572. The Balaban J connectivity index is 2.66. The molecule has 0 fully saturated rings. The Bertz CT molecular complexity index is 368. The van der Waals surface area contributed by atoms with E-state index in [-0.39, 0.29) is 5.91 Å². The maximum atomic E-state index is 11.5. The smallest absolute Gasteiger partial charge is 0.271 e. The number of hydrazone groups is 1. The summed E-state index contributed by atoms with van der Waals surface area (Å²) in [5.41, 5.74) is 10.2. The summed E-state index contributed by atoms with van der Waals surface area (Å²) in [6.07, 6.45) is 0. The highest BCUT2D eigenvalue weighted by Gasteiger charge is 2.02. The summed E-state index contributed by atoms with van der Waals surface area (Å²) < 4.78 is 0. The molecular formula is C11H15N3O. The second-order valence-electron chi connectivity index (χ2n) is 3.36. The number of carbonyl (C=O) groups is 1. The van der Waals surface area contributed by atoms with E-state index in [1.165, 1.54) is 0 Å². The number of nitrogens with one attached hydrogen (secondary N) is 1. The predicted octanol–water partition coefficient (Wildman–Crippen LogP) is 1.06. The molecule has 4 heteroatoms. The number of hydrogen-bond acceptors (Lipinski definition) is 3. The van der Waals surface area contributed by atoms with Crippen molar-refractivity contribution in [3.05, 3.63) is 35.4 Å². The van der Waals surface area contributed by atoms with Crippen molar-refractivity contribution in [1.82, 2.24) is 5.43 Å². The van der Waals surface area contributed by atoms with Crippen molar-refractivity contribution < 1.29 is 4.79 Å². The van der Waals surface area contributed by atoms with Gasteiger partial charge in [0, 0.05) is 17.8 Å². The van der Waals surface area contributed by atoms with E-state index < -0.39 is 0 Å². The van der Waals surface area contributed by atoms with Gasteiger partial charge in [0.2, 0.25) is 0 Å². The normalized spacial score (nSPS) is 11.3. The van der Waals surface area contributed by atoms with Crippen LogP contribution in [0.3, 0.4) is 0 Å². The van der Waals surface area contributed by atoms with Crippen LogP contribution < -0.4 is 11.2 Å². The number of benzene rings is 1. The zero-order valence-corrected chi connectivity index (χ0v) is 8.95. The van der Waals surface area contributed by atoms with Crippen molar-refractivity contribution in [2.45, 2.75) is 13.8 Å². The molecule has 0 aliphatic heterocycles. The first kappa shape index (κ1) is 11.4. The summed E-state index contributed by atoms with van der Waals surface area (Å²) in [4.78, 5) is 11.5. The number of amides is 1. The third kappa shape index (κ3) is 3.52. The molecule has 1 aromatic rings. The zero-order chi connectivity index (χ0) is 11.3. The number of nitrogens with zero attached hydrogens (tertiary/aromatic N) is 1. The van der Waals surface area contributed by atoms with Crippen LogP contribution in [-0.2, 0) is 0 Å². The Morgan fingerprint density at radius 3 is 2.53 bits per heavy atom. The van der Waals surface area contributed by atoms with Gasteiger partial charge in [-0.05, 0) is 26.0 Å². The van der Waals surface area contributed by atoms with Gasteiger partial charge in [-0.3, -0.25) is 4.79 Å². The molecule has 3 N–H and O–H groups in total. The first-order chi connectivity index (χ1) is 7.13. The third-order valence-electron chi connectivity index (χ3n) is 1.96. The van der Waals surface area contributed by atoms with Crippen molar-refractivity contribution in [2.24, 2.45) is 10.8 Å². The molecule has 1 aromatic carbocycles. The molecule has 0 aromatic heterocycles. The SMILES string of the molecule is CC(CN)=NNC(=O)c1ccc(C)cc1. The first-order valence-electron chi connectivity index (χ1n) is 4.73. The predicted molar refractivity (Wildman–Crippen MR) is 60.8 cm³/mol. The summed E-state index contributed by atoms with van der Waals surface area (Å²) in [5.74, 6) is -0.220. The number of nitrogens with two attached hydrogens (primary N) is 1. The summed E-state index contributed by atoms with van der Waals surface area (Å²) in [6.45, 7) is 4.07. The number of rotatable bonds is 3.